The maximum absolute atomic E-state index is 14.0. The summed E-state index contributed by atoms with van der Waals surface area (Å²) in [5.41, 5.74) is 5.13. The lowest BCUT2D eigenvalue weighted by Gasteiger charge is -2.24. The lowest BCUT2D eigenvalue weighted by Crippen LogP contribution is -2.28. The van der Waals surface area contributed by atoms with Crippen LogP contribution in [-0.2, 0) is 6.54 Å². The molecule has 0 aliphatic heterocycles. The largest absolute Gasteiger partial charge is 0.496 e. The molecule has 0 radical (unpaired) electrons. The van der Waals surface area contributed by atoms with Crippen LogP contribution in [0.1, 0.15) is 60.7 Å². The molecular formula is C27H29N3O3. The third kappa shape index (κ3) is 3.84. The molecule has 0 bridgehead atoms. The van der Waals surface area contributed by atoms with E-state index in [0.29, 0.717) is 24.0 Å². The smallest absolute Gasteiger partial charge is 0.254 e. The summed E-state index contributed by atoms with van der Waals surface area (Å²) < 4.78 is 13.2. The van der Waals surface area contributed by atoms with Gasteiger partial charge in [0.15, 0.2) is 0 Å². The Labute approximate surface area is 193 Å². The van der Waals surface area contributed by atoms with Gasteiger partial charge in [-0.2, -0.15) is 0 Å². The number of hydrogen-bond donors (Lipinski definition) is 0. The van der Waals surface area contributed by atoms with E-state index >= 15 is 0 Å². The molecule has 5 rings (SSSR count). The predicted molar refractivity (Wildman–Crippen MR) is 129 cm³/mol. The first-order valence-corrected chi connectivity index (χ1v) is 11.7. The Balaban J connectivity index is 1.85. The summed E-state index contributed by atoms with van der Waals surface area (Å²) in [7, 11) is 1.65. The van der Waals surface area contributed by atoms with Crippen LogP contribution >= 0.6 is 0 Å². The summed E-state index contributed by atoms with van der Waals surface area (Å²) in [5.74, 6) is 1.69. The first-order chi connectivity index (χ1) is 16.1. The number of pyridine rings is 2. The van der Waals surface area contributed by atoms with Gasteiger partial charge >= 0.3 is 0 Å². The van der Waals surface area contributed by atoms with Gasteiger partial charge in [-0.05, 0) is 68.3 Å². The number of fused-ring (bicyclic) bond motifs is 1. The SMILES string of the molecule is COc1ccc2cc(C3CCCCC3)c(=O)n(Cc3ccccn3)c2c1-c1c(C)noc1C. The number of ether oxygens (including phenoxy) is 1. The highest BCUT2D eigenvalue weighted by atomic mass is 16.5. The minimum absolute atomic E-state index is 0.0568. The van der Waals surface area contributed by atoms with E-state index in [0.717, 1.165) is 51.8 Å². The summed E-state index contributed by atoms with van der Waals surface area (Å²) in [6.07, 6.45) is 7.50. The Hall–Kier alpha value is -3.41. The van der Waals surface area contributed by atoms with Crippen LogP contribution in [0.15, 0.2) is 51.9 Å². The number of rotatable bonds is 5. The highest BCUT2D eigenvalue weighted by molar-refractivity contribution is 5.98. The van der Waals surface area contributed by atoms with Gasteiger partial charge in [-0.15, -0.1) is 0 Å². The first-order valence-electron chi connectivity index (χ1n) is 11.7. The minimum Gasteiger partial charge on any atom is -0.496 e. The second kappa shape index (κ2) is 8.85. The van der Waals surface area contributed by atoms with Crippen LogP contribution in [-0.4, -0.2) is 21.8 Å². The van der Waals surface area contributed by atoms with E-state index in [1.54, 1.807) is 13.3 Å². The zero-order valence-corrected chi connectivity index (χ0v) is 19.4. The van der Waals surface area contributed by atoms with Gasteiger partial charge in [0.05, 0.1) is 41.7 Å². The first kappa shape index (κ1) is 21.4. The highest BCUT2D eigenvalue weighted by Gasteiger charge is 2.25. The molecule has 0 amide bonds. The zero-order chi connectivity index (χ0) is 22.9. The molecule has 3 heterocycles. The van der Waals surface area contributed by atoms with Crippen molar-refractivity contribution in [2.45, 2.75) is 58.4 Å². The fraction of sp³-hybridized carbons (Fsp3) is 0.370. The number of nitrogens with zero attached hydrogens (tertiary/aromatic N) is 3. The van der Waals surface area contributed by atoms with Crippen molar-refractivity contribution in [2.24, 2.45) is 0 Å². The van der Waals surface area contributed by atoms with Gasteiger partial charge in [0, 0.05) is 11.8 Å². The van der Waals surface area contributed by atoms with E-state index in [1.807, 2.05) is 42.7 Å². The zero-order valence-electron chi connectivity index (χ0n) is 19.4. The van der Waals surface area contributed by atoms with Crippen LogP contribution in [0.5, 0.6) is 5.75 Å². The predicted octanol–water partition coefficient (Wildman–Crippen LogP) is 5.77. The highest BCUT2D eigenvalue weighted by Crippen LogP contribution is 2.41. The monoisotopic (exact) mass is 443 g/mol. The second-order valence-electron chi connectivity index (χ2n) is 8.93. The number of methoxy groups -OCH3 is 1. The average molecular weight is 444 g/mol. The summed E-state index contributed by atoms with van der Waals surface area (Å²) in [5, 5.41) is 5.19. The minimum atomic E-state index is 0.0568. The van der Waals surface area contributed by atoms with Crippen LogP contribution in [0, 0.1) is 13.8 Å². The van der Waals surface area contributed by atoms with E-state index in [9.17, 15) is 4.79 Å². The van der Waals surface area contributed by atoms with Crippen LogP contribution in [0.3, 0.4) is 0 Å². The molecule has 1 aliphatic carbocycles. The van der Waals surface area contributed by atoms with Gasteiger partial charge in [0.2, 0.25) is 0 Å². The number of hydrogen-bond acceptors (Lipinski definition) is 5. The number of aryl methyl sites for hydroxylation is 2. The molecule has 6 nitrogen and oxygen atoms in total. The molecule has 0 N–H and O–H groups in total. The van der Waals surface area contributed by atoms with Gasteiger partial charge in [-0.3, -0.25) is 9.78 Å². The van der Waals surface area contributed by atoms with Crippen molar-refractivity contribution in [1.82, 2.24) is 14.7 Å². The third-order valence-electron chi connectivity index (χ3n) is 6.84. The molecule has 4 aromatic rings. The van der Waals surface area contributed by atoms with Crippen molar-refractivity contribution in [1.29, 1.82) is 0 Å². The van der Waals surface area contributed by atoms with Gasteiger partial charge in [-0.25, -0.2) is 0 Å². The molecule has 1 fully saturated rings. The van der Waals surface area contributed by atoms with Crippen LogP contribution in [0.25, 0.3) is 22.0 Å². The fourth-order valence-electron chi connectivity index (χ4n) is 5.24. The van der Waals surface area contributed by atoms with Crippen molar-refractivity contribution < 1.29 is 9.26 Å². The standard InChI is InChI=1S/C27H29N3O3/c1-17-24(18(2)33-29-17)25-23(32-3)13-12-20-15-22(19-9-5-4-6-10-19)27(31)30(26(20)25)16-21-11-7-8-14-28-21/h7-8,11-15,19H,4-6,9-10,16H2,1-3H3. The van der Waals surface area contributed by atoms with Crippen LogP contribution < -0.4 is 10.3 Å². The summed E-state index contributed by atoms with van der Waals surface area (Å²) in [6, 6.07) is 11.9. The van der Waals surface area contributed by atoms with Gasteiger partial charge in [0.25, 0.3) is 5.56 Å². The van der Waals surface area contributed by atoms with Crippen LogP contribution in [0.2, 0.25) is 0 Å². The molecule has 0 atom stereocenters. The Kier molecular flexibility index (Phi) is 5.75. The molecular weight excluding hydrogens is 414 g/mol. The molecule has 1 aromatic carbocycles. The van der Waals surface area contributed by atoms with E-state index in [4.69, 9.17) is 9.26 Å². The van der Waals surface area contributed by atoms with E-state index in [1.165, 1.54) is 19.3 Å². The van der Waals surface area contributed by atoms with Gasteiger partial charge in [-0.1, -0.05) is 30.5 Å². The topological polar surface area (TPSA) is 70.2 Å². The lowest BCUT2D eigenvalue weighted by molar-refractivity contribution is 0.393. The number of benzene rings is 1. The molecule has 3 aromatic heterocycles. The third-order valence-corrected chi connectivity index (χ3v) is 6.84. The van der Waals surface area contributed by atoms with Crippen molar-refractivity contribution in [2.75, 3.05) is 7.11 Å². The van der Waals surface area contributed by atoms with Crippen molar-refractivity contribution in [3.8, 4) is 16.9 Å². The van der Waals surface area contributed by atoms with Crippen molar-refractivity contribution in [3.63, 3.8) is 0 Å². The van der Waals surface area contributed by atoms with Gasteiger partial charge < -0.3 is 13.8 Å². The quantitative estimate of drug-likeness (QED) is 0.391. The molecule has 1 aliphatic rings. The lowest BCUT2D eigenvalue weighted by atomic mass is 9.84. The van der Waals surface area contributed by atoms with Crippen LogP contribution in [0.4, 0.5) is 0 Å². The summed E-state index contributed by atoms with van der Waals surface area (Å²) in [4.78, 5) is 18.5. The molecule has 170 valence electrons. The molecule has 33 heavy (non-hydrogen) atoms. The Morgan fingerprint density at radius 3 is 2.58 bits per heavy atom. The van der Waals surface area contributed by atoms with Crippen molar-refractivity contribution >= 4 is 10.9 Å². The molecule has 0 unspecified atom stereocenters. The number of aromatic nitrogens is 3. The second-order valence-corrected chi connectivity index (χ2v) is 8.93. The average Bonchev–Trinajstić information content (AvgIpc) is 3.18. The Bertz CT molecular complexity index is 1330. The maximum Gasteiger partial charge on any atom is 0.254 e. The molecule has 6 heteroatoms. The van der Waals surface area contributed by atoms with E-state index in [2.05, 4.69) is 22.3 Å². The summed E-state index contributed by atoms with van der Waals surface area (Å²) in [6.45, 7) is 4.20. The molecule has 1 saturated carbocycles. The normalized spacial score (nSPS) is 14.6. The molecule has 0 spiro atoms. The van der Waals surface area contributed by atoms with Crippen molar-refractivity contribution in [3.05, 3.63) is 75.7 Å². The van der Waals surface area contributed by atoms with E-state index in [-0.39, 0.29) is 5.56 Å². The fourth-order valence-corrected chi connectivity index (χ4v) is 5.24. The Morgan fingerprint density at radius 1 is 1.09 bits per heavy atom. The maximum atomic E-state index is 14.0. The van der Waals surface area contributed by atoms with Gasteiger partial charge in [0.1, 0.15) is 11.5 Å². The summed E-state index contributed by atoms with van der Waals surface area (Å²) >= 11 is 0. The molecule has 0 saturated heterocycles. The Morgan fingerprint density at radius 2 is 1.91 bits per heavy atom. The van der Waals surface area contributed by atoms with E-state index < -0.39 is 0 Å².